The van der Waals surface area contributed by atoms with Crippen LogP contribution in [0.2, 0.25) is 0 Å². The Morgan fingerprint density at radius 3 is 2.40 bits per heavy atom. The van der Waals surface area contributed by atoms with E-state index in [0.29, 0.717) is 6.04 Å². The SMILES string of the molecule is CCCCOCCNC(CCCC)c1ccc(F)cc1. The molecule has 0 radical (unpaired) electrons. The summed E-state index contributed by atoms with van der Waals surface area (Å²) in [7, 11) is 0. The summed E-state index contributed by atoms with van der Waals surface area (Å²) in [5, 5.41) is 3.52. The van der Waals surface area contributed by atoms with Crippen molar-refractivity contribution >= 4 is 0 Å². The van der Waals surface area contributed by atoms with Crippen molar-refractivity contribution in [3.63, 3.8) is 0 Å². The van der Waals surface area contributed by atoms with Crippen molar-refractivity contribution in [2.24, 2.45) is 0 Å². The maximum absolute atomic E-state index is 13.0. The van der Waals surface area contributed by atoms with Crippen LogP contribution < -0.4 is 5.32 Å². The number of hydrogen-bond acceptors (Lipinski definition) is 2. The fourth-order valence-corrected chi connectivity index (χ4v) is 2.14. The molecule has 0 bridgehead atoms. The van der Waals surface area contributed by atoms with Crippen LogP contribution in [0, 0.1) is 5.82 Å². The first-order valence-electron chi connectivity index (χ1n) is 7.84. The molecule has 3 heteroatoms. The summed E-state index contributed by atoms with van der Waals surface area (Å²) in [4.78, 5) is 0. The van der Waals surface area contributed by atoms with Gasteiger partial charge in [-0.15, -0.1) is 0 Å². The molecule has 2 nitrogen and oxygen atoms in total. The van der Waals surface area contributed by atoms with E-state index >= 15 is 0 Å². The molecule has 1 rings (SSSR count). The van der Waals surface area contributed by atoms with Gasteiger partial charge in [0.1, 0.15) is 5.82 Å². The zero-order valence-corrected chi connectivity index (χ0v) is 12.8. The minimum Gasteiger partial charge on any atom is -0.380 e. The lowest BCUT2D eigenvalue weighted by molar-refractivity contribution is 0.130. The number of halogens is 1. The second-order valence-corrected chi connectivity index (χ2v) is 5.17. The maximum Gasteiger partial charge on any atom is 0.123 e. The zero-order valence-electron chi connectivity index (χ0n) is 12.8. The second kappa shape index (κ2) is 10.8. The third kappa shape index (κ3) is 7.01. The molecule has 0 amide bonds. The number of hydrogen-bond donors (Lipinski definition) is 1. The van der Waals surface area contributed by atoms with E-state index in [1.165, 1.54) is 31.4 Å². The minimum absolute atomic E-state index is 0.175. The van der Waals surface area contributed by atoms with Crippen LogP contribution in [0.25, 0.3) is 0 Å². The van der Waals surface area contributed by atoms with Crippen molar-refractivity contribution in [2.75, 3.05) is 19.8 Å². The first-order valence-corrected chi connectivity index (χ1v) is 7.84. The quantitative estimate of drug-likeness (QED) is 0.604. The van der Waals surface area contributed by atoms with Gasteiger partial charge in [0, 0.05) is 19.2 Å². The smallest absolute Gasteiger partial charge is 0.123 e. The van der Waals surface area contributed by atoms with Crippen molar-refractivity contribution in [1.29, 1.82) is 0 Å². The van der Waals surface area contributed by atoms with Gasteiger partial charge >= 0.3 is 0 Å². The monoisotopic (exact) mass is 281 g/mol. The van der Waals surface area contributed by atoms with Gasteiger partial charge in [-0.3, -0.25) is 0 Å². The van der Waals surface area contributed by atoms with Crippen LogP contribution in [0.5, 0.6) is 0 Å². The Bertz CT molecular complexity index is 339. The van der Waals surface area contributed by atoms with Gasteiger partial charge in [-0.05, 0) is 30.5 Å². The summed E-state index contributed by atoms with van der Waals surface area (Å²) in [6.07, 6.45) is 5.72. The van der Waals surface area contributed by atoms with Crippen molar-refractivity contribution < 1.29 is 9.13 Å². The topological polar surface area (TPSA) is 21.3 Å². The van der Waals surface area contributed by atoms with Crippen LogP contribution in [0.3, 0.4) is 0 Å². The average molecular weight is 281 g/mol. The molecule has 0 aliphatic heterocycles. The van der Waals surface area contributed by atoms with Gasteiger partial charge < -0.3 is 10.1 Å². The molecule has 0 aromatic heterocycles. The largest absolute Gasteiger partial charge is 0.380 e. The van der Waals surface area contributed by atoms with Crippen LogP contribution in [-0.2, 0) is 4.74 Å². The van der Waals surface area contributed by atoms with E-state index in [-0.39, 0.29) is 5.82 Å². The van der Waals surface area contributed by atoms with Gasteiger partial charge in [0.15, 0.2) is 0 Å². The van der Waals surface area contributed by atoms with Gasteiger partial charge in [0.05, 0.1) is 6.61 Å². The molecular weight excluding hydrogens is 253 g/mol. The highest BCUT2D eigenvalue weighted by atomic mass is 19.1. The Morgan fingerprint density at radius 2 is 1.75 bits per heavy atom. The number of rotatable bonds is 11. The van der Waals surface area contributed by atoms with Crippen LogP contribution in [0.1, 0.15) is 57.6 Å². The van der Waals surface area contributed by atoms with Gasteiger partial charge in [-0.1, -0.05) is 45.2 Å². The standard InChI is InChI=1S/C17H28FNO/c1-3-5-7-17(15-8-10-16(18)11-9-15)19-12-14-20-13-6-4-2/h8-11,17,19H,3-7,12-14H2,1-2H3. The molecule has 0 aliphatic rings. The van der Waals surface area contributed by atoms with Crippen molar-refractivity contribution in [2.45, 2.75) is 52.0 Å². The van der Waals surface area contributed by atoms with Crippen LogP contribution in [0.15, 0.2) is 24.3 Å². The first-order chi connectivity index (χ1) is 9.77. The predicted octanol–water partition coefficient (Wildman–Crippen LogP) is 4.46. The maximum atomic E-state index is 13.0. The number of benzene rings is 1. The normalized spacial score (nSPS) is 12.6. The molecule has 0 spiro atoms. The van der Waals surface area contributed by atoms with Crippen molar-refractivity contribution in [3.05, 3.63) is 35.6 Å². The lowest BCUT2D eigenvalue weighted by Crippen LogP contribution is -2.25. The number of ether oxygens (including phenoxy) is 1. The second-order valence-electron chi connectivity index (χ2n) is 5.17. The summed E-state index contributed by atoms with van der Waals surface area (Å²) in [6, 6.07) is 7.12. The minimum atomic E-state index is -0.175. The molecule has 1 aromatic carbocycles. The average Bonchev–Trinajstić information content (AvgIpc) is 2.47. The lowest BCUT2D eigenvalue weighted by Gasteiger charge is -2.19. The Labute approximate surface area is 122 Å². The number of nitrogens with one attached hydrogen (secondary N) is 1. The molecule has 1 atom stereocenters. The van der Waals surface area contributed by atoms with Gasteiger partial charge in [-0.2, -0.15) is 0 Å². The van der Waals surface area contributed by atoms with Crippen LogP contribution in [-0.4, -0.2) is 19.8 Å². The third-order valence-electron chi connectivity index (χ3n) is 3.40. The van der Waals surface area contributed by atoms with E-state index < -0.39 is 0 Å². The van der Waals surface area contributed by atoms with Gasteiger partial charge in [0.25, 0.3) is 0 Å². The fourth-order valence-electron chi connectivity index (χ4n) is 2.14. The number of unbranched alkanes of at least 4 members (excludes halogenated alkanes) is 2. The van der Waals surface area contributed by atoms with Crippen LogP contribution in [0.4, 0.5) is 4.39 Å². The third-order valence-corrected chi connectivity index (χ3v) is 3.40. The highest BCUT2D eigenvalue weighted by molar-refractivity contribution is 5.19. The molecule has 0 saturated heterocycles. The highest BCUT2D eigenvalue weighted by Gasteiger charge is 2.10. The van der Waals surface area contributed by atoms with Crippen molar-refractivity contribution in [3.8, 4) is 0 Å². The Hall–Kier alpha value is -0.930. The first kappa shape index (κ1) is 17.1. The summed E-state index contributed by atoms with van der Waals surface area (Å²) in [6.45, 7) is 6.78. The van der Waals surface area contributed by atoms with E-state index in [1.807, 2.05) is 12.1 Å². The molecule has 0 saturated carbocycles. The molecule has 0 aliphatic carbocycles. The Morgan fingerprint density at radius 1 is 1.05 bits per heavy atom. The molecule has 1 aromatic rings. The zero-order chi connectivity index (χ0) is 14.6. The van der Waals surface area contributed by atoms with E-state index in [1.54, 1.807) is 0 Å². The summed E-state index contributed by atoms with van der Waals surface area (Å²) in [5.41, 5.74) is 1.16. The molecule has 0 fully saturated rings. The molecule has 20 heavy (non-hydrogen) atoms. The molecular formula is C17H28FNO. The van der Waals surface area contributed by atoms with E-state index in [0.717, 1.165) is 38.2 Å². The Balaban J connectivity index is 2.37. The van der Waals surface area contributed by atoms with Crippen LogP contribution >= 0.6 is 0 Å². The van der Waals surface area contributed by atoms with E-state index in [4.69, 9.17) is 4.74 Å². The lowest BCUT2D eigenvalue weighted by atomic mass is 10.0. The predicted molar refractivity (Wildman–Crippen MR) is 82.4 cm³/mol. The fraction of sp³-hybridized carbons (Fsp3) is 0.647. The molecule has 0 heterocycles. The molecule has 1 unspecified atom stereocenters. The summed E-state index contributed by atoms with van der Waals surface area (Å²) >= 11 is 0. The molecule has 1 N–H and O–H groups in total. The van der Waals surface area contributed by atoms with Gasteiger partial charge in [0.2, 0.25) is 0 Å². The Kier molecular flexibility index (Phi) is 9.25. The van der Waals surface area contributed by atoms with Gasteiger partial charge in [-0.25, -0.2) is 4.39 Å². The highest BCUT2D eigenvalue weighted by Crippen LogP contribution is 2.19. The van der Waals surface area contributed by atoms with E-state index in [2.05, 4.69) is 19.2 Å². The summed E-state index contributed by atoms with van der Waals surface area (Å²) in [5.74, 6) is -0.175. The summed E-state index contributed by atoms with van der Waals surface area (Å²) < 4.78 is 18.5. The van der Waals surface area contributed by atoms with E-state index in [9.17, 15) is 4.39 Å². The van der Waals surface area contributed by atoms with Crippen molar-refractivity contribution in [1.82, 2.24) is 5.32 Å². The molecule has 114 valence electrons.